The molecule has 1 aromatic heterocycles. The molecular formula is C23H18ClN3O. The Morgan fingerprint density at radius 3 is 1.50 bits per heavy atom. The number of anilines is 1. The van der Waals surface area contributed by atoms with E-state index in [0.29, 0.717) is 5.88 Å². The van der Waals surface area contributed by atoms with Crippen LogP contribution in [0.5, 0.6) is 5.88 Å². The fourth-order valence-electron chi connectivity index (χ4n) is 3.32. The molecule has 2 N–H and O–H groups in total. The molecule has 138 valence electrons. The fourth-order valence-corrected chi connectivity index (χ4v) is 3.50. The van der Waals surface area contributed by atoms with Crippen molar-refractivity contribution in [2.75, 3.05) is 5.73 Å². The SMILES string of the molecule is Nc1nc(Cl)cc(OC(c2ccccc2)(c2ccccc2)c2ccccc2)n1. The summed E-state index contributed by atoms with van der Waals surface area (Å²) in [5.41, 5.74) is 7.75. The maximum absolute atomic E-state index is 6.61. The van der Waals surface area contributed by atoms with Crippen LogP contribution in [-0.4, -0.2) is 9.97 Å². The van der Waals surface area contributed by atoms with E-state index in [-0.39, 0.29) is 11.1 Å². The van der Waals surface area contributed by atoms with Gasteiger partial charge in [0.25, 0.3) is 0 Å². The average Bonchev–Trinajstić information content (AvgIpc) is 2.73. The van der Waals surface area contributed by atoms with Gasteiger partial charge in [0.2, 0.25) is 11.8 Å². The second-order valence-corrected chi connectivity index (χ2v) is 6.66. The molecule has 0 amide bonds. The molecule has 28 heavy (non-hydrogen) atoms. The van der Waals surface area contributed by atoms with Crippen LogP contribution in [0.2, 0.25) is 5.15 Å². The van der Waals surface area contributed by atoms with E-state index in [4.69, 9.17) is 22.1 Å². The molecule has 0 unspecified atom stereocenters. The van der Waals surface area contributed by atoms with Crippen molar-refractivity contribution in [1.29, 1.82) is 0 Å². The summed E-state index contributed by atoms with van der Waals surface area (Å²) >= 11 is 6.11. The highest BCUT2D eigenvalue weighted by atomic mass is 35.5. The Morgan fingerprint density at radius 2 is 1.11 bits per heavy atom. The Labute approximate surface area is 168 Å². The average molecular weight is 388 g/mol. The molecule has 5 heteroatoms. The molecule has 0 aliphatic heterocycles. The van der Waals surface area contributed by atoms with E-state index in [0.717, 1.165) is 16.7 Å². The lowest BCUT2D eigenvalue weighted by Gasteiger charge is -2.35. The third-order valence-corrected chi connectivity index (χ3v) is 4.68. The summed E-state index contributed by atoms with van der Waals surface area (Å²) in [5, 5.41) is 0.227. The minimum Gasteiger partial charge on any atom is -0.456 e. The largest absolute Gasteiger partial charge is 0.456 e. The van der Waals surface area contributed by atoms with E-state index in [9.17, 15) is 0 Å². The third-order valence-electron chi connectivity index (χ3n) is 4.49. The molecule has 0 atom stereocenters. The van der Waals surface area contributed by atoms with E-state index < -0.39 is 5.60 Å². The Hall–Kier alpha value is -3.37. The first-order valence-electron chi connectivity index (χ1n) is 8.84. The van der Waals surface area contributed by atoms with Gasteiger partial charge >= 0.3 is 0 Å². The topological polar surface area (TPSA) is 61.0 Å². The number of hydrogen-bond donors (Lipinski definition) is 1. The first-order chi connectivity index (χ1) is 13.7. The third kappa shape index (κ3) is 3.42. The summed E-state index contributed by atoms with van der Waals surface area (Å²) in [4.78, 5) is 8.19. The summed E-state index contributed by atoms with van der Waals surface area (Å²) in [6.45, 7) is 0. The first kappa shape index (κ1) is 18.0. The van der Waals surface area contributed by atoms with Crippen LogP contribution in [0.3, 0.4) is 0 Å². The number of hydrogen-bond acceptors (Lipinski definition) is 4. The Morgan fingerprint density at radius 1 is 0.679 bits per heavy atom. The number of nitrogens with two attached hydrogens (primary N) is 1. The zero-order valence-corrected chi connectivity index (χ0v) is 15.8. The van der Waals surface area contributed by atoms with Crippen molar-refractivity contribution in [3.05, 3.63) is 119 Å². The van der Waals surface area contributed by atoms with Crippen LogP contribution in [0.25, 0.3) is 0 Å². The Kier molecular flexibility index (Phi) is 4.96. The van der Waals surface area contributed by atoms with Gasteiger partial charge in [0.1, 0.15) is 5.15 Å². The van der Waals surface area contributed by atoms with Crippen LogP contribution in [0.1, 0.15) is 16.7 Å². The Bertz CT molecular complexity index is 940. The van der Waals surface area contributed by atoms with Crippen molar-refractivity contribution >= 4 is 17.5 Å². The van der Waals surface area contributed by atoms with E-state index in [1.807, 2.05) is 91.0 Å². The molecule has 0 spiro atoms. The fraction of sp³-hybridized carbons (Fsp3) is 0.0435. The summed E-state index contributed by atoms with van der Waals surface area (Å²) in [6, 6.07) is 31.6. The minimum atomic E-state index is -0.937. The molecule has 4 nitrogen and oxygen atoms in total. The van der Waals surface area contributed by atoms with Crippen LogP contribution in [-0.2, 0) is 5.60 Å². The van der Waals surface area contributed by atoms with Crippen molar-refractivity contribution < 1.29 is 4.74 Å². The molecule has 4 aromatic rings. The quantitative estimate of drug-likeness (QED) is 0.383. The van der Waals surface area contributed by atoms with Crippen molar-refractivity contribution in [1.82, 2.24) is 9.97 Å². The molecular weight excluding hydrogens is 370 g/mol. The van der Waals surface area contributed by atoms with Crippen molar-refractivity contribution in [2.24, 2.45) is 0 Å². The molecule has 0 bridgehead atoms. The number of benzene rings is 3. The van der Waals surface area contributed by atoms with Crippen molar-refractivity contribution in [2.45, 2.75) is 5.60 Å². The number of aromatic nitrogens is 2. The lowest BCUT2D eigenvalue weighted by molar-refractivity contribution is 0.148. The van der Waals surface area contributed by atoms with Crippen molar-refractivity contribution in [3.8, 4) is 5.88 Å². The van der Waals surface area contributed by atoms with Gasteiger partial charge in [0.15, 0.2) is 5.60 Å². The van der Waals surface area contributed by atoms with Crippen LogP contribution < -0.4 is 10.5 Å². The van der Waals surface area contributed by atoms with E-state index in [1.165, 1.54) is 0 Å². The predicted octanol–water partition coefficient (Wildman–Crippen LogP) is 5.08. The molecule has 0 radical (unpaired) electrons. The number of nitrogens with zero attached hydrogens (tertiary/aromatic N) is 2. The summed E-state index contributed by atoms with van der Waals surface area (Å²) < 4.78 is 6.61. The van der Waals surface area contributed by atoms with Gasteiger partial charge in [-0.05, 0) is 0 Å². The highest BCUT2D eigenvalue weighted by Gasteiger charge is 2.39. The van der Waals surface area contributed by atoms with Gasteiger partial charge in [-0.1, -0.05) is 103 Å². The minimum absolute atomic E-state index is 0.0607. The molecule has 4 rings (SSSR count). The molecule has 0 aliphatic rings. The van der Waals surface area contributed by atoms with Gasteiger partial charge in [-0.2, -0.15) is 4.98 Å². The zero-order valence-electron chi connectivity index (χ0n) is 15.0. The molecule has 0 saturated carbocycles. The first-order valence-corrected chi connectivity index (χ1v) is 9.22. The normalized spacial score (nSPS) is 11.2. The summed E-state index contributed by atoms with van der Waals surface area (Å²) in [6.07, 6.45) is 0. The number of halogens is 1. The highest BCUT2D eigenvalue weighted by Crippen LogP contribution is 2.41. The van der Waals surface area contributed by atoms with Crippen LogP contribution >= 0.6 is 11.6 Å². The van der Waals surface area contributed by atoms with E-state index in [1.54, 1.807) is 6.07 Å². The monoisotopic (exact) mass is 387 g/mol. The molecule has 0 fully saturated rings. The molecule has 3 aromatic carbocycles. The van der Waals surface area contributed by atoms with Gasteiger partial charge < -0.3 is 10.5 Å². The van der Waals surface area contributed by atoms with Gasteiger partial charge in [0.05, 0.1) is 0 Å². The van der Waals surface area contributed by atoms with E-state index in [2.05, 4.69) is 9.97 Å². The Balaban J connectivity index is 2.01. The molecule has 1 heterocycles. The number of rotatable bonds is 5. The second kappa shape index (κ2) is 7.71. The predicted molar refractivity (Wildman–Crippen MR) is 111 cm³/mol. The highest BCUT2D eigenvalue weighted by molar-refractivity contribution is 6.29. The van der Waals surface area contributed by atoms with Crippen LogP contribution in [0.15, 0.2) is 97.1 Å². The summed E-state index contributed by atoms with van der Waals surface area (Å²) in [5.74, 6) is 0.361. The van der Waals surface area contributed by atoms with Crippen molar-refractivity contribution in [3.63, 3.8) is 0 Å². The maximum atomic E-state index is 6.61. The number of ether oxygens (including phenoxy) is 1. The standard InChI is InChI=1S/C23H18ClN3O/c24-20-16-21(27-22(25)26-20)28-23(17-10-4-1-5-11-17,18-12-6-2-7-13-18)19-14-8-3-9-15-19/h1-16H,(H2,25,26,27). The van der Waals surface area contributed by atoms with Gasteiger partial charge in [-0.15, -0.1) is 0 Å². The maximum Gasteiger partial charge on any atom is 0.224 e. The van der Waals surface area contributed by atoms with Crippen LogP contribution in [0.4, 0.5) is 5.95 Å². The van der Waals surface area contributed by atoms with Crippen LogP contribution in [0, 0.1) is 0 Å². The lowest BCUT2D eigenvalue weighted by atomic mass is 9.80. The van der Waals surface area contributed by atoms with E-state index >= 15 is 0 Å². The summed E-state index contributed by atoms with van der Waals surface area (Å²) in [7, 11) is 0. The van der Waals surface area contributed by atoms with Gasteiger partial charge in [-0.3, -0.25) is 0 Å². The smallest absolute Gasteiger partial charge is 0.224 e. The number of nitrogen functional groups attached to an aromatic ring is 1. The zero-order chi connectivity index (χ0) is 19.4. The van der Waals surface area contributed by atoms with Gasteiger partial charge in [0, 0.05) is 22.8 Å². The lowest BCUT2D eigenvalue weighted by Crippen LogP contribution is -2.36. The molecule has 0 aliphatic carbocycles. The second-order valence-electron chi connectivity index (χ2n) is 6.27. The van der Waals surface area contributed by atoms with Gasteiger partial charge in [-0.25, -0.2) is 4.98 Å². The molecule has 0 saturated heterocycles.